The molecular formula is C22H23N5O2S. The molecular weight excluding hydrogens is 398 g/mol. The average molecular weight is 422 g/mol. The van der Waals surface area contributed by atoms with E-state index in [4.69, 9.17) is 4.42 Å². The number of nitrogens with zero attached hydrogens (tertiary/aromatic N) is 4. The molecule has 0 aliphatic carbocycles. The second-order valence-electron chi connectivity index (χ2n) is 6.96. The highest BCUT2D eigenvalue weighted by Gasteiger charge is 2.17. The summed E-state index contributed by atoms with van der Waals surface area (Å²) < 4.78 is 7.90. The number of thioether (sulfide) groups is 1. The predicted molar refractivity (Wildman–Crippen MR) is 117 cm³/mol. The summed E-state index contributed by atoms with van der Waals surface area (Å²) in [5.74, 6) is 1.70. The SMILES string of the molecule is CCCn1c(SCC(=O)N[C@@H](C)c2cc3ccccc3o2)nnc1-c1ccncc1. The molecule has 0 saturated carbocycles. The van der Waals surface area contributed by atoms with Crippen molar-refractivity contribution in [2.24, 2.45) is 0 Å². The van der Waals surface area contributed by atoms with E-state index in [-0.39, 0.29) is 17.7 Å². The van der Waals surface area contributed by atoms with E-state index in [2.05, 4.69) is 32.0 Å². The van der Waals surface area contributed by atoms with Crippen LogP contribution in [0.1, 0.15) is 32.1 Å². The third kappa shape index (κ3) is 4.38. The molecule has 1 atom stereocenters. The number of pyridine rings is 1. The van der Waals surface area contributed by atoms with Gasteiger partial charge in [0, 0.05) is 29.9 Å². The first-order valence-corrected chi connectivity index (χ1v) is 10.9. The van der Waals surface area contributed by atoms with Crippen molar-refractivity contribution in [3.05, 3.63) is 60.6 Å². The predicted octanol–water partition coefficient (Wildman–Crippen LogP) is 4.47. The van der Waals surface area contributed by atoms with E-state index in [0.717, 1.165) is 46.2 Å². The minimum atomic E-state index is -0.216. The molecule has 0 aliphatic heterocycles. The summed E-state index contributed by atoms with van der Waals surface area (Å²) in [5.41, 5.74) is 1.78. The molecule has 1 N–H and O–H groups in total. The molecule has 0 unspecified atom stereocenters. The maximum atomic E-state index is 12.5. The molecule has 4 aromatic rings. The summed E-state index contributed by atoms with van der Waals surface area (Å²) in [7, 11) is 0. The monoisotopic (exact) mass is 421 g/mol. The van der Waals surface area contributed by atoms with Gasteiger partial charge in [-0.1, -0.05) is 36.9 Å². The van der Waals surface area contributed by atoms with Gasteiger partial charge in [-0.05, 0) is 37.6 Å². The first-order valence-electron chi connectivity index (χ1n) is 9.90. The molecule has 1 amide bonds. The number of carbonyl (C=O) groups is 1. The first kappa shape index (κ1) is 20.2. The van der Waals surface area contributed by atoms with Crippen LogP contribution in [0, 0.1) is 0 Å². The summed E-state index contributed by atoms with van der Waals surface area (Å²) in [6, 6.07) is 13.4. The summed E-state index contributed by atoms with van der Waals surface area (Å²) in [6.45, 7) is 4.80. The molecule has 7 nitrogen and oxygen atoms in total. The van der Waals surface area contributed by atoms with Gasteiger partial charge in [0.2, 0.25) is 5.91 Å². The quantitative estimate of drug-likeness (QED) is 0.423. The Hall–Kier alpha value is -3.13. The van der Waals surface area contributed by atoms with Gasteiger partial charge in [0.1, 0.15) is 11.3 Å². The van der Waals surface area contributed by atoms with Crippen LogP contribution in [0.4, 0.5) is 0 Å². The first-order chi connectivity index (χ1) is 14.7. The Morgan fingerprint density at radius 1 is 1.20 bits per heavy atom. The van der Waals surface area contributed by atoms with E-state index in [0.29, 0.717) is 0 Å². The number of carbonyl (C=O) groups excluding carboxylic acids is 1. The van der Waals surface area contributed by atoms with Crippen LogP contribution in [0.2, 0.25) is 0 Å². The van der Waals surface area contributed by atoms with E-state index >= 15 is 0 Å². The fourth-order valence-electron chi connectivity index (χ4n) is 3.24. The van der Waals surface area contributed by atoms with Crippen molar-refractivity contribution in [1.29, 1.82) is 0 Å². The summed E-state index contributed by atoms with van der Waals surface area (Å²) in [5, 5.41) is 13.4. The standard InChI is InChI=1S/C22H23N5O2S/c1-3-12-27-21(16-8-10-23-11-9-16)25-26-22(27)30-14-20(28)24-15(2)19-13-17-6-4-5-7-18(17)29-19/h4-11,13,15H,3,12,14H2,1-2H3,(H,24,28)/t15-/m0/s1. The van der Waals surface area contributed by atoms with Crippen LogP contribution in [0.25, 0.3) is 22.4 Å². The molecule has 4 rings (SSSR count). The highest BCUT2D eigenvalue weighted by molar-refractivity contribution is 7.99. The Bertz CT molecular complexity index is 1110. The van der Waals surface area contributed by atoms with Gasteiger partial charge < -0.3 is 14.3 Å². The smallest absolute Gasteiger partial charge is 0.231 e. The number of hydrogen-bond acceptors (Lipinski definition) is 6. The lowest BCUT2D eigenvalue weighted by Gasteiger charge is -2.12. The van der Waals surface area contributed by atoms with Crippen LogP contribution in [0.5, 0.6) is 0 Å². The maximum absolute atomic E-state index is 12.5. The number of amides is 1. The van der Waals surface area contributed by atoms with Gasteiger partial charge >= 0.3 is 0 Å². The molecule has 154 valence electrons. The Kier molecular flexibility index (Phi) is 6.13. The van der Waals surface area contributed by atoms with Crippen molar-refractivity contribution >= 4 is 28.6 Å². The van der Waals surface area contributed by atoms with Crippen LogP contribution in [-0.2, 0) is 11.3 Å². The number of hydrogen-bond donors (Lipinski definition) is 1. The van der Waals surface area contributed by atoms with Gasteiger partial charge in [0.05, 0.1) is 11.8 Å². The zero-order chi connectivity index (χ0) is 20.9. The highest BCUT2D eigenvalue weighted by atomic mass is 32.2. The number of rotatable bonds is 8. The second kappa shape index (κ2) is 9.13. The lowest BCUT2D eigenvalue weighted by Crippen LogP contribution is -2.28. The average Bonchev–Trinajstić information content (AvgIpc) is 3.37. The Labute approximate surface area is 178 Å². The normalized spacial score (nSPS) is 12.2. The molecule has 3 heterocycles. The molecule has 0 aliphatic rings. The van der Waals surface area contributed by atoms with Gasteiger partial charge in [0.15, 0.2) is 11.0 Å². The zero-order valence-electron chi connectivity index (χ0n) is 16.9. The molecule has 0 fully saturated rings. The topological polar surface area (TPSA) is 85.8 Å². The number of aromatic nitrogens is 4. The van der Waals surface area contributed by atoms with Gasteiger partial charge in [-0.3, -0.25) is 9.78 Å². The van der Waals surface area contributed by atoms with E-state index in [1.807, 2.05) is 49.4 Å². The number of furan rings is 1. The Morgan fingerprint density at radius 3 is 2.77 bits per heavy atom. The Morgan fingerprint density at radius 2 is 2.00 bits per heavy atom. The van der Waals surface area contributed by atoms with Gasteiger partial charge in [-0.2, -0.15) is 0 Å². The van der Waals surface area contributed by atoms with Crippen molar-refractivity contribution in [3.63, 3.8) is 0 Å². The molecule has 0 bridgehead atoms. The Balaban J connectivity index is 1.41. The summed E-state index contributed by atoms with van der Waals surface area (Å²) in [6.07, 6.45) is 4.42. The van der Waals surface area contributed by atoms with Crippen LogP contribution >= 0.6 is 11.8 Å². The zero-order valence-corrected chi connectivity index (χ0v) is 17.7. The van der Waals surface area contributed by atoms with Gasteiger partial charge in [0.25, 0.3) is 0 Å². The number of para-hydroxylation sites is 1. The van der Waals surface area contributed by atoms with Crippen LogP contribution in [0.3, 0.4) is 0 Å². The molecule has 3 aromatic heterocycles. The van der Waals surface area contributed by atoms with E-state index < -0.39 is 0 Å². The number of fused-ring (bicyclic) bond motifs is 1. The number of nitrogens with one attached hydrogen (secondary N) is 1. The lowest BCUT2D eigenvalue weighted by atomic mass is 10.2. The van der Waals surface area contributed by atoms with Crippen molar-refractivity contribution in [2.75, 3.05) is 5.75 Å². The molecule has 1 aromatic carbocycles. The van der Waals surface area contributed by atoms with Crippen molar-refractivity contribution in [1.82, 2.24) is 25.1 Å². The van der Waals surface area contributed by atoms with Gasteiger partial charge in [-0.15, -0.1) is 10.2 Å². The van der Waals surface area contributed by atoms with Crippen LogP contribution < -0.4 is 5.32 Å². The summed E-state index contributed by atoms with van der Waals surface area (Å²) in [4.78, 5) is 16.6. The maximum Gasteiger partial charge on any atom is 0.231 e. The van der Waals surface area contributed by atoms with Crippen molar-refractivity contribution in [2.45, 2.75) is 38.0 Å². The minimum Gasteiger partial charge on any atom is -0.459 e. The molecule has 0 saturated heterocycles. The van der Waals surface area contributed by atoms with E-state index in [1.54, 1.807) is 12.4 Å². The fourth-order valence-corrected chi connectivity index (χ4v) is 4.01. The van der Waals surface area contributed by atoms with Crippen molar-refractivity contribution < 1.29 is 9.21 Å². The molecule has 30 heavy (non-hydrogen) atoms. The third-order valence-electron chi connectivity index (χ3n) is 4.68. The van der Waals surface area contributed by atoms with Crippen molar-refractivity contribution in [3.8, 4) is 11.4 Å². The summed E-state index contributed by atoms with van der Waals surface area (Å²) >= 11 is 1.38. The van der Waals surface area contributed by atoms with Gasteiger partial charge in [-0.25, -0.2) is 0 Å². The van der Waals surface area contributed by atoms with Crippen LogP contribution in [-0.4, -0.2) is 31.4 Å². The second-order valence-corrected chi connectivity index (χ2v) is 7.90. The highest BCUT2D eigenvalue weighted by Crippen LogP contribution is 2.25. The largest absolute Gasteiger partial charge is 0.459 e. The molecule has 0 radical (unpaired) electrons. The minimum absolute atomic E-state index is 0.0792. The third-order valence-corrected chi connectivity index (χ3v) is 5.65. The molecule has 8 heteroatoms. The lowest BCUT2D eigenvalue weighted by molar-refractivity contribution is -0.119. The fraction of sp³-hybridized carbons (Fsp3) is 0.273. The molecule has 0 spiro atoms. The van der Waals surface area contributed by atoms with E-state index in [1.165, 1.54) is 11.8 Å². The van der Waals surface area contributed by atoms with E-state index in [9.17, 15) is 4.79 Å². The number of benzene rings is 1. The van der Waals surface area contributed by atoms with Crippen LogP contribution in [0.15, 0.2) is 64.4 Å².